The molecule has 20 heavy (non-hydrogen) atoms. The molecule has 0 amide bonds. The number of hydrogen-bond donors (Lipinski definition) is 2. The van der Waals surface area contributed by atoms with Crippen LogP contribution in [0.15, 0.2) is 18.2 Å². The molecule has 0 spiro atoms. The van der Waals surface area contributed by atoms with Crippen LogP contribution in [0.2, 0.25) is 0 Å². The summed E-state index contributed by atoms with van der Waals surface area (Å²) in [6.45, 7) is 1.94. The Balaban J connectivity index is 2.37. The molecule has 2 rings (SSSR count). The van der Waals surface area contributed by atoms with Gasteiger partial charge in [0.1, 0.15) is 11.8 Å². The molecule has 1 atom stereocenters. The molecule has 0 radical (unpaired) electrons. The average Bonchev–Trinajstić information content (AvgIpc) is 2.41. The Morgan fingerprint density at radius 1 is 1.35 bits per heavy atom. The lowest BCUT2D eigenvalue weighted by molar-refractivity contribution is -0.385. The minimum atomic E-state index is -2.74. The van der Waals surface area contributed by atoms with Crippen LogP contribution in [-0.4, -0.2) is 47.5 Å². The quantitative estimate of drug-likeness (QED) is 0.648. The van der Waals surface area contributed by atoms with Gasteiger partial charge in [-0.2, -0.15) is 0 Å². The van der Waals surface area contributed by atoms with Gasteiger partial charge in [-0.1, -0.05) is 0 Å². The number of non-ortho nitro benzene ring substituents is 1. The number of benzene rings is 1. The van der Waals surface area contributed by atoms with Crippen LogP contribution in [0.1, 0.15) is 11.6 Å². The lowest BCUT2D eigenvalue weighted by atomic mass is 10.0. The van der Waals surface area contributed by atoms with E-state index in [1.165, 1.54) is 4.90 Å². The second-order valence-electron chi connectivity index (χ2n) is 4.57. The van der Waals surface area contributed by atoms with Crippen molar-refractivity contribution in [1.82, 2.24) is 10.2 Å². The lowest BCUT2D eigenvalue weighted by Crippen LogP contribution is -2.46. The summed E-state index contributed by atoms with van der Waals surface area (Å²) in [6, 6.07) is 1.87. The monoisotopic (exact) mass is 287 g/mol. The van der Waals surface area contributed by atoms with Gasteiger partial charge < -0.3 is 10.4 Å². The first kappa shape index (κ1) is 14.6. The average molecular weight is 287 g/mol. The van der Waals surface area contributed by atoms with E-state index in [0.29, 0.717) is 26.2 Å². The molecule has 8 heteroatoms. The SMILES string of the molecule is O=[N+]([O-])c1ccc(O)c([C@H](C(F)F)N2CCNCC2)c1. The van der Waals surface area contributed by atoms with Crippen LogP contribution >= 0.6 is 0 Å². The van der Waals surface area contributed by atoms with Gasteiger partial charge in [-0.3, -0.25) is 15.0 Å². The topological polar surface area (TPSA) is 78.6 Å². The Morgan fingerprint density at radius 3 is 2.55 bits per heavy atom. The van der Waals surface area contributed by atoms with Crippen molar-refractivity contribution >= 4 is 5.69 Å². The fourth-order valence-electron chi connectivity index (χ4n) is 2.34. The third-order valence-corrected chi connectivity index (χ3v) is 3.32. The van der Waals surface area contributed by atoms with Crippen LogP contribution in [0.4, 0.5) is 14.5 Å². The second-order valence-corrected chi connectivity index (χ2v) is 4.57. The highest BCUT2D eigenvalue weighted by molar-refractivity contribution is 5.45. The van der Waals surface area contributed by atoms with E-state index in [0.717, 1.165) is 18.2 Å². The van der Waals surface area contributed by atoms with Crippen LogP contribution in [0, 0.1) is 10.1 Å². The van der Waals surface area contributed by atoms with Gasteiger partial charge in [-0.25, -0.2) is 8.78 Å². The first-order chi connectivity index (χ1) is 9.50. The normalized spacial score (nSPS) is 18.1. The maximum absolute atomic E-state index is 13.3. The number of rotatable bonds is 4. The van der Waals surface area contributed by atoms with Crippen molar-refractivity contribution in [2.75, 3.05) is 26.2 Å². The summed E-state index contributed by atoms with van der Waals surface area (Å²) in [5.41, 5.74) is -0.408. The van der Waals surface area contributed by atoms with E-state index in [1.807, 2.05) is 0 Å². The fourth-order valence-corrected chi connectivity index (χ4v) is 2.34. The number of aromatic hydroxyl groups is 1. The highest BCUT2D eigenvalue weighted by atomic mass is 19.3. The van der Waals surface area contributed by atoms with Gasteiger partial charge in [-0.15, -0.1) is 0 Å². The molecule has 0 bridgehead atoms. The van der Waals surface area contributed by atoms with Gasteiger partial charge in [0.2, 0.25) is 0 Å². The predicted molar refractivity (Wildman–Crippen MR) is 67.9 cm³/mol. The number of hydrogen-bond acceptors (Lipinski definition) is 5. The van der Waals surface area contributed by atoms with E-state index >= 15 is 0 Å². The summed E-state index contributed by atoms with van der Waals surface area (Å²) in [5.74, 6) is -0.348. The number of nitrogens with zero attached hydrogens (tertiary/aromatic N) is 2. The first-order valence-electron chi connectivity index (χ1n) is 6.21. The molecule has 0 saturated carbocycles. The van der Waals surface area contributed by atoms with Gasteiger partial charge in [-0.05, 0) is 6.07 Å². The van der Waals surface area contributed by atoms with Crippen molar-refractivity contribution in [3.05, 3.63) is 33.9 Å². The summed E-state index contributed by atoms with van der Waals surface area (Å²) < 4.78 is 26.7. The van der Waals surface area contributed by atoms with Gasteiger partial charge in [0.15, 0.2) is 0 Å². The number of piperazine rings is 1. The summed E-state index contributed by atoms with van der Waals surface area (Å²) >= 11 is 0. The van der Waals surface area contributed by atoms with Gasteiger partial charge in [0, 0.05) is 43.9 Å². The third kappa shape index (κ3) is 3.02. The van der Waals surface area contributed by atoms with Crippen molar-refractivity contribution in [3.8, 4) is 5.75 Å². The Kier molecular flexibility index (Phi) is 4.46. The third-order valence-electron chi connectivity index (χ3n) is 3.32. The number of alkyl halides is 2. The minimum absolute atomic E-state index is 0.101. The molecule has 0 aliphatic carbocycles. The van der Waals surface area contributed by atoms with Crippen molar-refractivity contribution in [3.63, 3.8) is 0 Å². The first-order valence-corrected chi connectivity index (χ1v) is 6.21. The molecule has 1 aromatic carbocycles. The van der Waals surface area contributed by atoms with Crippen molar-refractivity contribution in [2.45, 2.75) is 12.5 Å². The molecule has 1 saturated heterocycles. The standard InChI is InChI=1S/C12H15F2N3O3/c13-12(14)11(16-5-3-15-4-6-16)9-7-8(17(19)20)1-2-10(9)18/h1-2,7,11-12,15,18H,3-6H2/t11-/m1/s1. The number of nitro groups is 1. The van der Waals surface area contributed by atoms with Crippen LogP contribution in [0.25, 0.3) is 0 Å². The smallest absolute Gasteiger partial charge is 0.270 e. The molecular weight excluding hydrogens is 272 g/mol. The lowest BCUT2D eigenvalue weighted by Gasteiger charge is -2.34. The largest absolute Gasteiger partial charge is 0.508 e. The maximum Gasteiger partial charge on any atom is 0.270 e. The zero-order valence-electron chi connectivity index (χ0n) is 10.6. The van der Waals surface area contributed by atoms with Crippen LogP contribution in [-0.2, 0) is 0 Å². The molecular formula is C12H15F2N3O3. The summed E-state index contributed by atoms with van der Waals surface area (Å²) in [7, 11) is 0. The van der Waals surface area contributed by atoms with E-state index in [4.69, 9.17) is 0 Å². The maximum atomic E-state index is 13.3. The molecule has 0 unspecified atom stereocenters. The summed E-state index contributed by atoms with van der Waals surface area (Å²) in [4.78, 5) is 11.6. The minimum Gasteiger partial charge on any atom is -0.508 e. The Morgan fingerprint density at radius 2 is 2.00 bits per heavy atom. The van der Waals surface area contributed by atoms with Crippen LogP contribution in [0.3, 0.4) is 0 Å². The van der Waals surface area contributed by atoms with Gasteiger partial charge >= 0.3 is 0 Å². The number of phenolic OH excluding ortho intramolecular Hbond substituents is 1. The highest BCUT2D eigenvalue weighted by Crippen LogP contribution is 2.35. The van der Waals surface area contributed by atoms with E-state index in [-0.39, 0.29) is 17.0 Å². The number of nitrogens with one attached hydrogen (secondary N) is 1. The number of halogens is 2. The van der Waals surface area contributed by atoms with E-state index in [9.17, 15) is 24.0 Å². The molecule has 0 aromatic heterocycles. The Hall–Kier alpha value is -1.80. The summed E-state index contributed by atoms with van der Waals surface area (Å²) in [5, 5.41) is 23.6. The van der Waals surface area contributed by atoms with Crippen molar-refractivity contribution < 1.29 is 18.8 Å². The molecule has 110 valence electrons. The van der Waals surface area contributed by atoms with Crippen molar-refractivity contribution in [1.29, 1.82) is 0 Å². The second kappa shape index (κ2) is 6.10. The van der Waals surface area contributed by atoms with E-state index < -0.39 is 17.4 Å². The van der Waals surface area contributed by atoms with Crippen LogP contribution in [0.5, 0.6) is 5.75 Å². The number of nitro benzene ring substituents is 1. The van der Waals surface area contributed by atoms with E-state index in [2.05, 4.69) is 5.32 Å². The Bertz CT molecular complexity index is 493. The van der Waals surface area contributed by atoms with E-state index in [1.54, 1.807) is 0 Å². The van der Waals surface area contributed by atoms with Crippen molar-refractivity contribution in [2.24, 2.45) is 0 Å². The number of phenols is 1. The molecule has 2 N–H and O–H groups in total. The fraction of sp³-hybridized carbons (Fsp3) is 0.500. The molecule has 1 fully saturated rings. The zero-order chi connectivity index (χ0) is 14.7. The molecule has 1 aromatic rings. The van der Waals surface area contributed by atoms with Gasteiger partial charge in [0.25, 0.3) is 12.1 Å². The summed E-state index contributed by atoms with van der Waals surface area (Å²) in [6.07, 6.45) is -2.74. The van der Waals surface area contributed by atoms with Crippen LogP contribution < -0.4 is 5.32 Å². The highest BCUT2D eigenvalue weighted by Gasteiger charge is 2.33. The zero-order valence-corrected chi connectivity index (χ0v) is 10.6. The Labute approximate surface area is 114 Å². The van der Waals surface area contributed by atoms with Gasteiger partial charge in [0.05, 0.1) is 4.92 Å². The molecule has 1 heterocycles. The molecule has 6 nitrogen and oxygen atoms in total. The molecule has 1 aliphatic heterocycles. The predicted octanol–water partition coefficient (Wildman–Crippen LogP) is 1.51. The molecule has 1 aliphatic rings.